The zero-order chi connectivity index (χ0) is 10.3. The van der Waals surface area contributed by atoms with Gasteiger partial charge in [0.15, 0.2) is 0 Å². The fourth-order valence-corrected chi connectivity index (χ4v) is 1.91. The molecular formula is C8H19NO3S. The van der Waals surface area contributed by atoms with Crippen molar-refractivity contribution in [1.29, 1.82) is 0 Å². The third kappa shape index (κ3) is 8.21. The Balaban J connectivity index is 3.53. The van der Waals surface area contributed by atoms with Crippen molar-refractivity contribution in [3.8, 4) is 0 Å². The van der Waals surface area contributed by atoms with Crippen LogP contribution in [0.1, 0.15) is 27.2 Å². The van der Waals surface area contributed by atoms with Gasteiger partial charge in [-0.15, -0.1) is 0 Å². The predicted molar refractivity (Wildman–Crippen MR) is 53.2 cm³/mol. The molecule has 0 radical (unpaired) electrons. The van der Waals surface area contributed by atoms with E-state index in [0.29, 0.717) is 19.6 Å². The highest BCUT2D eigenvalue weighted by Gasteiger charge is 2.06. The first-order valence-corrected chi connectivity index (χ1v) is 6.22. The van der Waals surface area contributed by atoms with Gasteiger partial charge in [-0.05, 0) is 20.3 Å². The first-order valence-electron chi connectivity index (χ1n) is 4.57. The van der Waals surface area contributed by atoms with E-state index in [-0.39, 0.29) is 11.9 Å². The fourth-order valence-electron chi connectivity index (χ4n) is 0.833. The Hall–Kier alpha value is -0.130. The first kappa shape index (κ1) is 12.9. The molecule has 0 rings (SSSR count). The average molecular weight is 209 g/mol. The van der Waals surface area contributed by atoms with E-state index in [1.807, 2.05) is 20.8 Å². The first-order chi connectivity index (χ1) is 5.98. The average Bonchev–Trinajstić information content (AvgIpc) is 1.98. The van der Waals surface area contributed by atoms with Crippen molar-refractivity contribution in [3.05, 3.63) is 0 Å². The molecule has 1 N–H and O–H groups in total. The largest absolute Gasteiger partial charge is 0.377 e. The molecule has 80 valence electrons. The minimum absolute atomic E-state index is 0.149. The monoisotopic (exact) mass is 209 g/mol. The maximum atomic E-state index is 11.1. The standard InChI is InChI=1S/C8H19NO3S/c1-4-7-13(10,11)9-5-6-12-8(2)3/h8-9H,4-7H2,1-3H3. The molecule has 0 aromatic carbocycles. The van der Waals surface area contributed by atoms with Gasteiger partial charge in [0.2, 0.25) is 10.0 Å². The molecule has 0 aliphatic carbocycles. The van der Waals surface area contributed by atoms with Crippen molar-refractivity contribution < 1.29 is 13.2 Å². The lowest BCUT2D eigenvalue weighted by Gasteiger charge is -2.08. The molecule has 0 aromatic rings. The second-order valence-electron chi connectivity index (χ2n) is 3.13. The highest BCUT2D eigenvalue weighted by Crippen LogP contribution is 1.89. The maximum Gasteiger partial charge on any atom is 0.211 e. The molecular weight excluding hydrogens is 190 g/mol. The maximum absolute atomic E-state index is 11.1. The van der Waals surface area contributed by atoms with Gasteiger partial charge < -0.3 is 4.74 Å². The van der Waals surface area contributed by atoms with Crippen molar-refractivity contribution in [2.75, 3.05) is 18.9 Å². The Labute approximate surface area is 80.7 Å². The van der Waals surface area contributed by atoms with Gasteiger partial charge in [-0.25, -0.2) is 13.1 Å². The number of sulfonamides is 1. The fraction of sp³-hybridized carbons (Fsp3) is 1.00. The Morgan fingerprint density at radius 3 is 2.46 bits per heavy atom. The summed E-state index contributed by atoms with van der Waals surface area (Å²) in [6.07, 6.45) is 0.788. The van der Waals surface area contributed by atoms with Gasteiger partial charge in [-0.1, -0.05) is 6.92 Å². The second-order valence-corrected chi connectivity index (χ2v) is 5.06. The van der Waals surface area contributed by atoms with E-state index < -0.39 is 10.0 Å². The van der Waals surface area contributed by atoms with Crippen LogP contribution in [0.25, 0.3) is 0 Å². The second kappa shape index (κ2) is 6.34. The van der Waals surface area contributed by atoms with Crippen LogP contribution in [0.2, 0.25) is 0 Å². The summed E-state index contributed by atoms with van der Waals surface area (Å²) in [7, 11) is -3.06. The van der Waals surface area contributed by atoms with E-state index in [4.69, 9.17) is 4.74 Å². The van der Waals surface area contributed by atoms with Gasteiger partial charge in [-0.3, -0.25) is 0 Å². The molecule has 0 atom stereocenters. The summed E-state index contributed by atoms with van der Waals surface area (Å²) in [6, 6.07) is 0. The highest BCUT2D eigenvalue weighted by atomic mass is 32.2. The molecule has 0 heterocycles. The van der Waals surface area contributed by atoms with Crippen molar-refractivity contribution >= 4 is 10.0 Å². The number of hydrogen-bond donors (Lipinski definition) is 1. The highest BCUT2D eigenvalue weighted by molar-refractivity contribution is 7.89. The molecule has 0 unspecified atom stereocenters. The van der Waals surface area contributed by atoms with Crippen LogP contribution in [0, 0.1) is 0 Å². The van der Waals surface area contributed by atoms with Gasteiger partial charge >= 0.3 is 0 Å². The van der Waals surface area contributed by atoms with E-state index in [9.17, 15) is 8.42 Å². The van der Waals surface area contributed by atoms with E-state index in [0.717, 1.165) is 0 Å². The molecule has 0 aromatic heterocycles. The molecule has 0 amide bonds. The number of rotatable bonds is 7. The molecule has 0 spiro atoms. The van der Waals surface area contributed by atoms with E-state index in [1.54, 1.807) is 0 Å². The summed E-state index contributed by atoms with van der Waals surface area (Å²) >= 11 is 0. The quantitative estimate of drug-likeness (QED) is 0.629. The van der Waals surface area contributed by atoms with Crippen LogP contribution >= 0.6 is 0 Å². The van der Waals surface area contributed by atoms with Gasteiger partial charge in [0.25, 0.3) is 0 Å². The Morgan fingerprint density at radius 1 is 1.38 bits per heavy atom. The van der Waals surface area contributed by atoms with Crippen molar-refractivity contribution in [2.45, 2.75) is 33.3 Å². The molecule has 0 saturated carbocycles. The van der Waals surface area contributed by atoms with Crippen molar-refractivity contribution in [2.24, 2.45) is 0 Å². The summed E-state index contributed by atoms with van der Waals surface area (Å²) in [5.74, 6) is 0.189. The Morgan fingerprint density at radius 2 is 2.00 bits per heavy atom. The number of ether oxygens (including phenoxy) is 1. The summed E-state index contributed by atoms with van der Waals surface area (Å²) in [6.45, 7) is 6.46. The molecule has 0 saturated heterocycles. The summed E-state index contributed by atoms with van der Waals surface area (Å²) < 4.78 is 29.9. The van der Waals surface area contributed by atoms with Crippen LogP contribution in [0.15, 0.2) is 0 Å². The minimum atomic E-state index is -3.06. The third-order valence-corrected chi connectivity index (χ3v) is 2.94. The van der Waals surface area contributed by atoms with E-state index in [2.05, 4.69) is 4.72 Å². The minimum Gasteiger partial charge on any atom is -0.377 e. The lowest BCUT2D eigenvalue weighted by molar-refractivity contribution is 0.0834. The van der Waals surface area contributed by atoms with Crippen molar-refractivity contribution in [1.82, 2.24) is 4.72 Å². The van der Waals surface area contributed by atoms with Gasteiger partial charge in [-0.2, -0.15) is 0 Å². The van der Waals surface area contributed by atoms with Gasteiger partial charge in [0.05, 0.1) is 18.5 Å². The van der Waals surface area contributed by atoms with E-state index in [1.165, 1.54) is 0 Å². The zero-order valence-electron chi connectivity index (χ0n) is 8.54. The molecule has 4 nitrogen and oxygen atoms in total. The van der Waals surface area contributed by atoms with Crippen LogP contribution in [-0.4, -0.2) is 33.4 Å². The van der Waals surface area contributed by atoms with E-state index >= 15 is 0 Å². The van der Waals surface area contributed by atoms with Crippen molar-refractivity contribution in [3.63, 3.8) is 0 Å². The zero-order valence-corrected chi connectivity index (χ0v) is 9.36. The lowest BCUT2D eigenvalue weighted by atomic mass is 10.5. The topological polar surface area (TPSA) is 55.4 Å². The summed E-state index contributed by atoms with van der Waals surface area (Å²) in [5.41, 5.74) is 0. The molecule has 0 aliphatic rings. The third-order valence-electron chi connectivity index (χ3n) is 1.35. The summed E-state index contributed by atoms with van der Waals surface area (Å²) in [4.78, 5) is 0. The van der Waals surface area contributed by atoms with Crippen LogP contribution in [-0.2, 0) is 14.8 Å². The summed E-state index contributed by atoms with van der Waals surface area (Å²) in [5, 5.41) is 0. The Bertz CT molecular complexity index is 211. The normalized spacial score (nSPS) is 12.3. The molecule has 5 heteroatoms. The SMILES string of the molecule is CCCS(=O)(=O)NCCOC(C)C. The Kier molecular flexibility index (Phi) is 6.28. The number of hydrogen-bond acceptors (Lipinski definition) is 3. The smallest absolute Gasteiger partial charge is 0.211 e. The predicted octanol–water partition coefficient (Wildman–Crippen LogP) is 0.741. The molecule has 0 bridgehead atoms. The lowest BCUT2D eigenvalue weighted by Crippen LogP contribution is -2.30. The van der Waals surface area contributed by atoms with Gasteiger partial charge in [0, 0.05) is 6.54 Å². The van der Waals surface area contributed by atoms with Crippen LogP contribution in [0.4, 0.5) is 0 Å². The van der Waals surface area contributed by atoms with Gasteiger partial charge in [0.1, 0.15) is 0 Å². The molecule has 0 fully saturated rings. The van der Waals surface area contributed by atoms with Crippen LogP contribution in [0.3, 0.4) is 0 Å². The molecule has 13 heavy (non-hydrogen) atoms. The van der Waals surface area contributed by atoms with Crippen LogP contribution in [0.5, 0.6) is 0 Å². The van der Waals surface area contributed by atoms with Crippen LogP contribution < -0.4 is 4.72 Å². The molecule has 0 aliphatic heterocycles. The number of nitrogens with one attached hydrogen (secondary N) is 1.